The van der Waals surface area contributed by atoms with Crippen molar-refractivity contribution in [2.45, 2.75) is 20.4 Å². The molecule has 32 heavy (non-hydrogen) atoms. The van der Waals surface area contributed by atoms with Crippen LogP contribution in [0.2, 0.25) is 0 Å². The highest BCUT2D eigenvalue weighted by molar-refractivity contribution is 7.13. The summed E-state index contributed by atoms with van der Waals surface area (Å²) in [6.45, 7) is 4.21. The maximum absolute atomic E-state index is 12.5. The van der Waals surface area contributed by atoms with Gasteiger partial charge in [0.2, 0.25) is 0 Å². The second kappa shape index (κ2) is 9.52. The zero-order valence-corrected chi connectivity index (χ0v) is 18.4. The Bertz CT molecular complexity index is 1300. The molecule has 0 saturated carbocycles. The number of esters is 1. The van der Waals surface area contributed by atoms with E-state index in [4.69, 9.17) is 4.74 Å². The first-order chi connectivity index (χ1) is 15.5. The first kappa shape index (κ1) is 21.4. The molecule has 2 N–H and O–H groups in total. The van der Waals surface area contributed by atoms with Gasteiger partial charge in [0.05, 0.1) is 35.7 Å². The maximum Gasteiger partial charge on any atom is 0.339 e. The Morgan fingerprint density at radius 3 is 2.84 bits per heavy atom. The highest BCUT2D eigenvalue weighted by atomic mass is 32.1. The fourth-order valence-electron chi connectivity index (χ4n) is 3.11. The SMILES string of the molecule is CCOC(=O)c1cc(-c2csc(-c3ccnc(NCc4ccccn4)c3)n2)c(=O)[nH]c1C. The van der Waals surface area contributed by atoms with Gasteiger partial charge in [0.15, 0.2) is 0 Å². The normalized spacial score (nSPS) is 10.7. The number of carbonyl (C=O) groups is 1. The van der Waals surface area contributed by atoms with E-state index < -0.39 is 5.97 Å². The number of nitrogens with one attached hydrogen (secondary N) is 2. The summed E-state index contributed by atoms with van der Waals surface area (Å²) in [5.74, 6) is 0.221. The number of aryl methyl sites for hydroxylation is 1. The Morgan fingerprint density at radius 2 is 2.06 bits per heavy atom. The summed E-state index contributed by atoms with van der Waals surface area (Å²) in [7, 11) is 0. The van der Waals surface area contributed by atoms with E-state index in [-0.39, 0.29) is 12.2 Å². The average Bonchev–Trinajstić information content (AvgIpc) is 3.29. The second-order valence-corrected chi connectivity index (χ2v) is 7.77. The van der Waals surface area contributed by atoms with E-state index in [0.717, 1.165) is 16.3 Å². The fourth-order valence-corrected chi connectivity index (χ4v) is 3.93. The van der Waals surface area contributed by atoms with Gasteiger partial charge in [-0.2, -0.15) is 0 Å². The molecule has 0 bridgehead atoms. The third-order valence-electron chi connectivity index (χ3n) is 4.70. The second-order valence-electron chi connectivity index (χ2n) is 6.91. The van der Waals surface area contributed by atoms with E-state index >= 15 is 0 Å². The van der Waals surface area contributed by atoms with Crippen LogP contribution in [0.5, 0.6) is 0 Å². The van der Waals surface area contributed by atoms with Crippen molar-refractivity contribution in [3.05, 3.63) is 81.5 Å². The van der Waals surface area contributed by atoms with Crippen LogP contribution < -0.4 is 10.9 Å². The highest BCUT2D eigenvalue weighted by Gasteiger charge is 2.17. The molecule has 0 radical (unpaired) electrons. The van der Waals surface area contributed by atoms with Crippen LogP contribution in [0.3, 0.4) is 0 Å². The lowest BCUT2D eigenvalue weighted by Gasteiger charge is -2.07. The quantitative estimate of drug-likeness (QED) is 0.411. The summed E-state index contributed by atoms with van der Waals surface area (Å²) < 4.78 is 5.08. The lowest BCUT2D eigenvalue weighted by molar-refractivity contribution is 0.0525. The van der Waals surface area contributed by atoms with E-state index in [1.165, 1.54) is 17.4 Å². The van der Waals surface area contributed by atoms with Gasteiger partial charge < -0.3 is 15.0 Å². The minimum Gasteiger partial charge on any atom is -0.462 e. The monoisotopic (exact) mass is 447 g/mol. The summed E-state index contributed by atoms with van der Waals surface area (Å²) >= 11 is 1.41. The number of H-pyrrole nitrogens is 1. The van der Waals surface area contributed by atoms with Crippen molar-refractivity contribution in [3.8, 4) is 21.8 Å². The van der Waals surface area contributed by atoms with Gasteiger partial charge in [-0.15, -0.1) is 11.3 Å². The van der Waals surface area contributed by atoms with E-state index in [9.17, 15) is 9.59 Å². The van der Waals surface area contributed by atoms with Gasteiger partial charge in [0, 0.05) is 29.0 Å². The third-order valence-corrected chi connectivity index (χ3v) is 5.59. The van der Waals surface area contributed by atoms with Crippen molar-refractivity contribution in [3.63, 3.8) is 0 Å². The Kier molecular flexibility index (Phi) is 6.37. The predicted octanol–water partition coefficient (Wildman–Crippen LogP) is 4.05. The number of hydrogen-bond donors (Lipinski definition) is 2. The number of hydrogen-bond acceptors (Lipinski definition) is 8. The van der Waals surface area contributed by atoms with Gasteiger partial charge in [0.1, 0.15) is 10.8 Å². The molecule has 0 atom stereocenters. The van der Waals surface area contributed by atoms with Crippen LogP contribution >= 0.6 is 11.3 Å². The van der Waals surface area contributed by atoms with Gasteiger partial charge in [-0.05, 0) is 44.2 Å². The van der Waals surface area contributed by atoms with Crippen molar-refractivity contribution in [1.29, 1.82) is 0 Å². The van der Waals surface area contributed by atoms with Crippen molar-refractivity contribution in [1.82, 2.24) is 19.9 Å². The zero-order chi connectivity index (χ0) is 22.5. The minimum absolute atomic E-state index is 0.256. The average molecular weight is 448 g/mol. The van der Waals surface area contributed by atoms with E-state index in [1.807, 2.05) is 30.3 Å². The summed E-state index contributed by atoms with van der Waals surface area (Å²) in [5.41, 5.74) is 3.08. The molecule has 0 saturated heterocycles. The summed E-state index contributed by atoms with van der Waals surface area (Å²) in [4.78, 5) is 40.7. The molecule has 4 aromatic rings. The first-order valence-corrected chi connectivity index (χ1v) is 10.9. The molecule has 162 valence electrons. The molecule has 0 aliphatic rings. The number of pyridine rings is 3. The molecule has 4 aromatic heterocycles. The number of ether oxygens (including phenoxy) is 1. The number of nitrogens with zero attached hydrogens (tertiary/aromatic N) is 3. The third kappa shape index (κ3) is 4.73. The molecule has 8 nitrogen and oxygen atoms in total. The van der Waals surface area contributed by atoms with Crippen LogP contribution in [0, 0.1) is 6.92 Å². The molecule has 0 aliphatic heterocycles. The number of aromatic nitrogens is 4. The van der Waals surface area contributed by atoms with Gasteiger partial charge in [-0.3, -0.25) is 9.78 Å². The van der Waals surface area contributed by atoms with E-state index in [0.29, 0.717) is 34.9 Å². The lowest BCUT2D eigenvalue weighted by atomic mass is 10.1. The Morgan fingerprint density at radius 1 is 1.19 bits per heavy atom. The van der Waals surface area contributed by atoms with Crippen LogP contribution in [0.4, 0.5) is 5.82 Å². The van der Waals surface area contributed by atoms with E-state index in [1.54, 1.807) is 31.6 Å². The van der Waals surface area contributed by atoms with Gasteiger partial charge in [-0.1, -0.05) is 6.07 Å². The summed E-state index contributed by atoms with van der Waals surface area (Å²) in [6.07, 6.45) is 3.45. The van der Waals surface area contributed by atoms with Gasteiger partial charge >= 0.3 is 5.97 Å². The van der Waals surface area contributed by atoms with Gasteiger partial charge in [-0.25, -0.2) is 14.8 Å². The molecule has 0 amide bonds. The number of rotatable bonds is 7. The molecule has 0 aliphatic carbocycles. The largest absolute Gasteiger partial charge is 0.462 e. The standard InChI is InChI=1S/C23H21N5O3S/c1-3-31-23(30)17-11-18(21(29)27-14(17)2)19-13-32-22(28-19)15-7-9-25-20(10-15)26-12-16-6-4-5-8-24-16/h4-11,13H,3,12H2,1-2H3,(H,25,26)(H,27,29). The molecular weight excluding hydrogens is 426 g/mol. The van der Waals surface area contributed by atoms with Crippen LogP contribution in [-0.4, -0.2) is 32.5 Å². The van der Waals surface area contributed by atoms with Crippen LogP contribution in [0.15, 0.2) is 59.0 Å². The van der Waals surface area contributed by atoms with Crippen molar-refractivity contribution < 1.29 is 9.53 Å². The first-order valence-electron chi connectivity index (χ1n) is 10.0. The van der Waals surface area contributed by atoms with Gasteiger partial charge in [0.25, 0.3) is 5.56 Å². The summed E-state index contributed by atoms with van der Waals surface area (Å²) in [5, 5.41) is 5.79. The Labute approximate surface area is 188 Å². The fraction of sp³-hybridized carbons (Fsp3) is 0.174. The smallest absolute Gasteiger partial charge is 0.339 e. The number of aromatic amines is 1. The topological polar surface area (TPSA) is 110 Å². The molecule has 0 spiro atoms. The molecule has 4 heterocycles. The summed E-state index contributed by atoms with van der Waals surface area (Å²) in [6, 6.07) is 11.0. The van der Waals surface area contributed by atoms with E-state index in [2.05, 4.69) is 25.3 Å². The highest BCUT2D eigenvalue weighted by Crippen LogP contribution is 2.29. The van der Waals surface area contributed by atoms with Crippen LogP contribution in [-0.2, 0) is 11.3 Å². The molecule has 9 heteroatoms. The molecular formula is C23H21N5O3S. The van der Waals surface area contributed by atoms with Crippen molar-refractivity contribution in [2.24, 2.45) is 0 Å². The number of carbonyl (C=O) groups excluding carboxylic acids is 1. The predicted molar refractivity (Wildman–Crippen MR) is 124 cm³/mol. The van der Waals surface area contributed by atoms with Crippen molar-refractivity contribution in [2.75, 3.05) is 11.9 Å². The maximum atomic E-state index is 12.5. The zero-order valence-electron chi connectivity index (χ0n) is 17.6. The lowest BCUT2D eigenvalue weighted by Crippen LogP contribution is -2.16. The molecule has 0 unspecified atom stereocenters. The van der Waals surface area contributed by atoms with Crippen LogP contribution in [0.1, 0.15) is 28.7 Å². The number of thiazole rings is 1. The Hall–Kier alpha value is -3.85. The van der Waals surface area contributed by atoms with Crippen molar-refractivity contribution >= 4 is 23.1 Å². The molecule has 0 aromatic carbocycles. The number of anilines is 1. The minimum atomic E-state index is -0.476. The molecule has 4 rings (SSSR count). The van der Waals surface area contributed by atoms with Crippen LogP contribution in [0.25, 0.3) is 21.8 Å². The Balaban J connectivity index is 1.59. The molecule has 0 fully saturated rings.